The highest BCUT2D eigenvalue weighted by atomic mass is 16.5. The van der Waals surface area contributed by atoms with E-state index in [1.807, 2.05) is 0 Å². The summed E-state index contributed by atoms with van der Waals surface area (Å²) in [5.74, 6) is 0.230. The summed E-state index contributed by atoms with van der Waals surface area (Å²) in [4.78, 5) is 0. The molecule has 16 heavy (non-hydrogen) atoms. The lowest BCUT2D eigenvalue weighted by Gasteiger charge is -2.23. The molecular formula is C10H23N3O3. The van der Waals surface area contributed by atoms with Gasteiger partial charge in [0.25, 0.3) is 0 Å². The number of rotatable bonds is 9. The third kappa shape index (κ3) is 8.46. The quantitative estimate of drug-likeness (QED) is 0.146. The predicted octanol–water partition coefficient (Wildman–Crippen LogP) is -0.110. The maximum absolute atomic E-state index is 9.87. The zero-order valence-electron chi connectivity index (χ0n) is 10.1. The molecule has 0 heterocycles. The monoisotopic (exact) mass is 233 g/mol. The van der Waals surface area contributed by atoms with Crippen LogP contribution in [0.1, 0.15) is 26.2 Å². The third-order valence-corrected chi connectivity index (χ3v) is 2.27. The summed E-state index contributed by atoms with van der Waals surface area (Å²) < 4.78 is 4.90. The topological polar surface area (TPSA) is 100 Å². The van der Waals surface area contributed by atoms with Gasteiger partial charge >= 0.3 is 0 Å². The van der Waals surface area contributed by atoms with Crippen LogP contribution >= 0.6 is 0 Å². The number of nitrogens with two attached hydrogens (primary N) is 1. The van der Waals surface area contributed by atoms with Crippen molar-refractivity contribution in [3.63, 3.8) is 0 Å². The lowest BCUT2D eigenvalue weighted by Crippen LogP contribution is -2.39. The number of oxime groups is 1. The van der Waals surface area contributed by atoms with Gasteiger partial charge in [-0.05, 0) is 19.9 Å². The highest BCUT2D eigenvalue weighted by Crippen LogP contribution is 2.07. The van der Waals surface area contributed by atoms with Crippen molar-refractivity contribution in [2.45, 2.75) is 31.8 Å². The molecule has 0 aliphatic rings. The summed E-state index contributed by atoms with van der Waals surface area (Å²) in [5, 5.41) is 24.2. The summed E-state index contributed by atoms with van der Waals surface area (Å²) in [6.45, 7) is 3.53. The fraction of sp³-hybridized carbons (Fsp3) is 0.900. The van der Waals surface area contributed by atoms with E-state index >= 15 is 0 Å². The summed E-state index contributed by atoms with van der Waals surface area (Å²) in [7, 11) is 1.61. The summed E-state index contributed by atoms with van der Waals surface area (Å²) in [6, 6.07) is 0. The second-order valence-corrected chi connectivity index (χ2v) is 4.11. The van der Waals surface area contributed by atoms with Crippen LogP contribution in [0.25, 0.3) is 0 Å². The molecule has 0 aliphatic heterocycles. The summed E-state index contributed by atoms with van der Waals surface area (Å²) in [6.07, 6.45) is 1.91. The lowest BCUT2D eigenvalue weighted by atomic mass is 10.0. The number of hydrogen-bond donors (Lipinski definition) is 4. The van der Waals surface area contributed by atoms with Gasteiger partial charge in [0.05, 0.1) is 5.60 Å². The Hall–Kier alpha value is -0.850. The third-order valence-electron chi connectivity index (χ3n) is 2.27. The van der Waals surface area contributed by atoms with Crippen molar-refractivity contribution in [1.29, 1.82) is 0 Å². The number of nitrogens with zero attached hydrogens (tertiary/aromatic N) is 1. The van der Waals surface area contributed by atoms with E-state index in [2.05, 4.69) is 10.5 Å². The first-order chi connectivity index (χ1) is 7.52. The van der Waals surface area contributed by atoms with Gasteiger partial charge in [-0.15, -0.1) is 0 Å². The van der Waals surface area contributed by atoms with Crippen molar-refractivity contribution in [2.24, 2.45) is 10.9 Å². The standard InChI is InChI=1S/C10H23N3O3/c1-10(14,5-7-16-2)8-12-6-3-4-9(11)13-15/h12,14-15H,3-8H2,1-2H3,(H2,11,13). The molecule has 0 fully saturated rings. The minimum absolute atomic E-state index is 0.230. The molecule has 5 N–H and O–H groups in total. The van der Waals surface area contributed by atoms with Crippen LogP contribution < -0.4 is 11.1 Å². The fourth-order valence-electron chi connectivity index (χ4n) is 1.21. The van der Waals surface area contributed by atoms with Gasteiger partial charge in [0.2, 0.25) is 0 Å². The zero-order valence-corrected chi connectivity index (χ0v) is 10.1. The average molecular weight is 233 g/mol. The molecule has 0 saturated heterocycles. The predicted molar refractivity (Wildman–Crippen MR) is 62.6 cm³/mol. The number of amidine groups is 1. The smallest absolute Gasteiger partial charge is 0.139 e. The maximum Gasteiger partial charge on any atom is 0.139 e. The molecule has 6 heteroatoms. The normalized spacial score (nSPS) is 16.1. The van der Waals surface area contributed by atoms with Crippen molar-refractivity contribution < 1.29 is 15.1 Å². The van der Waals surface area contributed by atoms with Crippen LogP contribution in [-0.4, -0.2) is 48.6 Å². The second-order valence-electron chi connectivity index (χ2n) is 4.11. The molecule has 0 saturated carbocycles. The first-order valence-corrected chi connectivity index (χ1v) is 5.40. The van der Waals surface area contributed by atoms with E-state index in [0.717, 1.165) is 13.0 Å². The molecule has 6 nitrogen and oxygen atoms in total. The first-order valence-electron chi connectivity index (χ1n) is 5.40. The molecule has 96 valence electrons. The van der Waals surface area contributed by atoms with Crippen LogP contribution in [0.2, 0.25) is 0 Å². The fourth-order valence-corrected chi connectivity index (χ4v) is 1.21. The molecule has 0 radical (unpaired) electrons. The Morgan fingerprint density at radius 2 is 2.25 bits per heavy atom. The first kappa shape index (κ1) is 15.2. The Morgan fingerprint density at radius 1 is 1.56 bits per heavy atom. The zero-order chi connectivity index (χ0) is 12.4. The molecule has 0 rings (SSSR count). The molecule has 0 aromatic heterocycles. The van der Waals surface area contributed by atoms with Gasteiger partial charge in [-0.1, -0.05) is 5.16 Å². The summed E-state index contributed by atoms with van der Waals surface area (Å²) in [5.41, 5.74) is 4.56. The van der Waals surface area contributed by atoms with Gasteiger partial charge in [-0.3, -0.25) is 0 Å². The van der Waals surface area contributed by atoms with Gasteiger partial charge in [0.15, 0.2) is 0 Å². The van der Waals surface area contributed by atoms with Gasteiger partial charge in [0.1, 0.15) is 5.84 Å². The maximum atomic E-state index is 9.87. The molecule has 0 amide bonds. The number of hydrogen-bond acceptors (Lipinski definition) is 5. The number of ether oxygens (including phenoxy) is 1. The van der Waals surface area contributed by atoms with Gasteiger partial charge < -0.3 is 26.1 Å². The molecule has 0 bridgehead atoms. The molecular weight excluding hydrogens is 210 g/mol. The van der Waals surface area contributed by atoms with Gasteiger partial charge in [0, 0.05) is 33.1 Å². The van der Waals surface area contributed by atoms with Crippen LogP contribution in [0.3, 0.4) is 0 Å². The number of aliphatic hydroxyl groups is 1. The van der Waals surface area contributed by atoms with Crippen molar-refractivity contribution in [1.82, 2.24) is 5.32 Å². The summed E-state index contributed by atoms with van der Waals surface area (Å²) >= 11 is 0. The largest absolute Gasteiger partial charge is 0.409 e. The number of methoxy groups -OCH3 is 1. The van der Waals surface area contributed by atoms with Crippen LogP contribution in [0, 0.1) is 0 Å². The highest BCUT2D eigenvalue weighted by molar-refractivity contribution is 5.79. The highest BCUT2D eigenvalue weighted by Gasteiger charge is 2.18. The van der Waals surface area contributed by atoms with Crippen LogP contribution in [0.5, 0.6) is 0 Å². The Bertz CT molecular complexity index is 207. The van der Waals surface area contributed by atoms with E-state index in [1.165, 1.54) is 0 Å². The minimum Gasteiger partial charge on any atom is -0.409 e. The van der Waals surface area contributed by atoms with Crippen molar-refractivity contribution in [3.8, 4) is 0 Å². The average Bonchev–Trinajstić information content (AvgIpc) is 2.25. The molecule has 1 unspecified atom stereocenters. The van der Waals surface area contributed by atoms with Crippen molar-refractivity contribution >= 4 is 5.84 Å². The molecule has 0 aromatic carbocycles. The van der Waals surface area contributed by atoms with E-state index in [4.69, 9.17) is 15.7 Å². The van der Waals surface area contributed by atoms with E-state index in [1.54, 1.807) is 14.0 Å². The van der Waals surface area contributed by atoms with E-state index in [-0.39, 0.29) is 5.84 Å². The Morgan fingerprint density at radius 3 is 2.81 bits per heavy atom. The van der Waals surface area contributed by atoms with Crippen molar-refractivity contribution in [3.05, 3.63) is 0 Å². The SMILES string of the molecule is COCCC(C)(O)CNCCCC(N)=NO. The molecule has 0 aromatic rings. The van der Waals surface area contributed by atoms with E-state index < -0.39 is 5.60 Å². The van der Waals surface area contributed by atoms with E-state index in [9.17, 15) is 5.11 Å². The van der Waals surface area contributed by atoms with Crippen LogP contribution in [0.15, 0.2) is 5.16 Å². The van der Waals surface area contributed by atoms with Crippen molar-refractivity contribution in [2.75, 3.05) is 26.8 Å². The lowest BCUT2D eigenvalue weighted by molar-refractivity contribution is 0.0251. The van der Waals surface area contributed by atoms with Crippen LogP contribution in [0.4, 0.5) is 0 Å². The van der Waals surface area contributed by atoms with E-state index in [0.29, 0.717) is 26.0 Å². The Kier molecular flexibility index (Phi) is 7.88. The minimum atomic E-state index is -0.757. The van der Waals surface area contributed by atoms with Gasteiger partial charge in [-0.2, -0.15) is 0 Å². The number of nitrogens with one attached hydrogen (secondary N) is 1. The van der Waals surface area contributed by atoms with Crippen LogP contribution in [-0.2, 0) is 4.74 Å². The molecule has 0 aliphatic carbocycles. The molecule has 1 atom stereocenters. The Labute approximate surface area is 96.5 Å². The second kappa shape index (κ2) is 8.32. The van der Waals surface area contributed by atoms with Gasteiger partial charge in [-0.25, -0.2) is 0 Å². The molecule has 0 spiro atoms. The Balaban J connectivity index is 3.49.